The molecule has 0 saturated carbocycles. The predicted octanol–water partition coefficient (Wildman–Crippen LogP) is 4.03. The molecule has 0 radical (unpaired) electrons. The minimum absolute atomic E-state index is 0.178. The molecule has 0 aromatic heterocycles. The van der Waals surface area contributed by atoms with Gasteiger partial charge in [-0.1, -0.05) is 29.8 Å². The van der Waals surface area contributed by atoms with E-state index in [2.05, 4.69) is 0 Å². The SMILES string of the molecule is COC(=O)C1(C(=O)CCc2ccccc2Cl)CCN(C(=O)OC(C)(C)C)CC1. The second kappa shape index (κ2) is 8.95. The molecule has 1 saturated heterocycles. The number of ketones is 1. The van der Waals surface area contributed by atoms with Gasteiger partial charge in [-0.2, -0.15) is 0 Å². The van der Waals surface area contributed by atoms with Crippen LogP contribution in [0.1, 0.15) is 45.6 Å². The second-order valence-corrected chi connectivity index (χ2v) is 8.46. The molecule has 0 spiro atoms. The number of carbonyl (C=O) groups excluding carboxylic acids is 3. The van der Waals surface area contributed by atoms with Crippen LogP contribution >= 0.6 is 11.6 Å². The van der Waals surface area contributed by atoms with Gasteiger partial charge < -0.3 is 14.4 Å². The molecule has 0 bridgehead atoms. The number of esters is 1. The molecule has 0 N–H and O–H groups in total. The quantitative estimate of drug-likeness (QED) is 0.542. The van der Waals surface area contributed by atoms with Gasteiger partial charge in [0.15, 0.2) is 5.78 Å². The fourth-order valence-electron chi connectivity index (χ4n) is 3.38. The molecule has 1 aromatic rings. The number of hydrogen-bond donors (Lipinski definition) is 0. The average Bonchev–Trinajstić information content (AvgIpc) is 2.65. The average molecular weight is 410 g/mol. The Morgan fingerprint density at radius 2 is 1.75 bits per heavy atom. The van der Waals surface area contributed by atoms with Crippen molar-refractivity contribution in [2.75, 3.05) is 20.2 Å². The monoisotopic (exact) mass is 409 g/mol. The molecule has 1 aliphatic heterocycles. The van der Waals surface area contributed by atoms with Crippen LogP contribution in [0.3, 0.4) is 0 Å². The van der Waals surface area contributed by atoms with Gasteiger partial charge in [-0.05, 0) is 51.7 Å². The van der Waals surface area contributed by atoms with Crippen LogP contribution in [0.25, 0.3) is 0 Å². The van der Waals surface area contributed by atoms with Gasteiger partial charge in [0.05, 0.1) is 7.11 Å². The van der Waals surface area contributed by atoms with Crippen molar-refractivity contribution in [2.24, 2.45) is 5.41 Å². The maximum Gasteiger partial charge on any atom is 0.410 e. The summed E-state index contributed by atoms with van der Waals surface area (Å²) in [5, 5.41) is 0.599. The highest BCUT2D eigenvalue weighted by Crippen LogP contribution is 2.36. The molecule has 6 nitrogen and oxygen atoms in total. The molecule has 1 aliphatic rings. The van der Waals surface area contributed by atoms with Crippen molar-refractivity contribution in [2.45, 2.75) is 52.1 Å². The highest BCUT2D eigenvalue weighted by Gasteiger charge is 2.49. The van der Waals surface area contributed by atoms with E-state index in [0.717, 1.165) is 5.56 Å². The fourth-order valence-corrected chi connectivity index (χ4v) is 3.61. The Morgan fingerprint density at radius 1 is 1.14 bits per heavy atom. The van der Waals surface area contributed by atoms with Crippen LogP contribution < -0.4 is 0 Å². The highest BCUT2D eigenvalue weighted by molar-refractivity contribution is 6.31. The lowest BCUT2D eigenvalue weighted by Crippen LogP contribution is -2.51. The number of nitrogens with zero attached hydrogens (tertiary/aromatic N) is 1. The summed E-state index contributed by atoms with van der Waals surface area (Å²) in [6.07, 6.45) is 0.647. The third kappa shape index (κ3) is 5.25. The molecule has 2 rings (SSSR count). The van der Waals surface area contributed by atoms with Crippen molar-refractivity contribution in [3.8, 4) is 0 Å². The molecule has 1 amide bonds. The molecule has 0 aliphatic carbocycles. The van der Waals surface area contributed by atoms with E-state index in [0.29, 0.717) is 11.4 Å². The van der Waals surface area contributed by atoms with Gasteiger partial charge in [-0.25, -0.2) is 4.79 Å². The molecule has 154 valence electrons. The van der Waals surface area contributed by atoms with Crippen LogP contribution in [0.4, 0.5) is 4.79 Å². The van der Waals surface area contributed by atoms with E-state index in [1.807, 2.05) is 18.2 Å². The summed E-state index contributed by atoms with van der Waals surface area (Å²) in [4.78, 5) is 39.3. The first-order chi connectivity index (χ1) is 13.1. The Labute approximate surface area is 171 Å². The lowest BCUT2D eigenvalue weighted by molar-refractivity contribution is -0.161. The second-order valence-electron chi connectivity index (χ2n) is 8.06. The van der Waals surface area contributed by atoms with E-state index in [-0.39, 0.29) is 38.1 Å². The molecule has 7 heteroatoms. The topological polar surface area (TPSA) is 72.9 Å². The Bertz CT molecular complexity index is 733. The molecule has 1 heterocycles. The van der Waals surface area contributed by atoms with E-state index in [1.54, 1.807) is 26.8 Å². The summed E-state index contributed by atoms with van der Waals surface area (Å²) in [6.45, 7) is 5.92. The smallest absolute Gasteiger partial charge is 0.410 e. The van der Waals surface area contributed by atoms with Crippen LogP contribution in [0.5, 0.6) is 0 Å². The normalized spacial score (nSPS) is 16.4. The molecule has 0 unspecified atom stereocenters. The highest BCUT2D eigenvalue weighted by atomic mass is 35.5. The summed E-state index contributed by atoms with van der Waals surface area (Å²) in [5.74, 6) is -0.719. The van der Waals surface area contributed by atoms with Gasteiger partial charge in [-0.3, -0.25) is 9.59 Å². The van der Waals surface area contributed by atoms with Gasteiger partial charge in [-0.15, -0.1) is 0 Å². The van der Waals surface area contributed by atoms with E-state index < -0.39 is 23.1 Å². The Kier molecular flexibility index (Phi) is 7.10. The number of methoxy groups -OCH3 is 1. The number of piperidine rings is 1. The molecular formula is C21H28ClNO5. The number of hydrogen-bond acceptors (Lipinski definition) is 5. The zero-order valence-electron chi connectivity index (χ0n) is 16.9. The number of likely N-dealkylation sites (tertiary alicyclic amines) is 1. The van der Waals surface area contributed by atoms with Crippen molar-refractivity contribution in [1.29, 1.82) is 0 Å². The van der Waals surface area contributed by atoms with Crippen molar-refractivity contribution in [3.63, 3.8) is 0 Å². The molecule has 1 aromatic carbocycles. The number of carbonyl (C=O) groups is 3. The number of benzene rings is 1. The number of halogens is 1. The van der Waals surface area contributed by atoms with Gasteiger partial charge in [0.2, 0.25) is 0 Å². The third-order valence-corrected chi connectivity index (χ3v) is 5.33. The van der Waals surface area contributed by atoms with Crippen molar-refractivity contribution in [3.05, 3.63) is 34.9 Å². The first kappa shape index (κ1) is 22.2. The Balaban J connectivity index is 2.07. The van der Waals surface area contributed by atoms with Crippen LogP contribution in [0.15, 0.2) is 24.3 Å². The van der Waals surface area contributed by atoms with Gasteiger partial charge >= 0.3 is 12.1 Å². The van der Waals surface area contributed by atoms with E-state index in [4.69, 9.17) is 21.1 Å². The predicted molar refractivity (Wildman–Crippen MR) is 106 cm³/mol. The molecule has 28 heavy (non-hydrogen) atoms. The third-order valence-electron chi connectivity index (χ3n) is 4.96. The maximum absolute atomic E-state index is 13.0. The minimum Gasteiger partial charge on any atom is -0.468 e. The maximum atomic E-state index is 13.0. The van der Waals surface area contributed by atoms with Gasteiger partial charge in [0, 0.05) is 24.5 Å². The Hall–Kier alpha value is -2.08. The standard InChI is InChI=1S/C21H28ClNO5/c1-20(2,3)28-19(26)23-13-11-21(12-14-23,18(25)27-4)17(24)10-9-15-7-5-6-8-16(15)22/h5-8H,9-14H2,1-4H3. The van der Waals surface area contributed by atoms with Gasteiger partial charge in [0.25, 0.3) is 0 Å². The van der Waals surface area contributed by atoms with Crippen LogP contribution in [-0.2, 0) is 25.5 Å². The molecule has 1 fully saturated rings. The van der Waals surface area contributed by atoms with Gasteiger partial charge in [0.1, 0.15) is 11.0 Å². The first-order valence-corrected chi connectivity index (χ1v) is 9.80. The van der Waals surface area contributed by atoms with E-state index in [9.17, 15) is 14.4 Å². The number of aryl methyl sites for hydroxylation is 1. The first-order valence-electron chi connectivity index (χ1n) is 9.42. The minimum atomic E-state index is -1.23. The lowest BCUT2D eigenvalue weighted by Gasteiger charge is -2.39. The van der Waals surface area contributed by atoms with Crippen molar-refractivity contribution >= 4 is 29.4 Å². The zero-order chi connectivity index (χ0) is 20.9. The number of Topliss-reactive ketones (excluding diaryl/α,β-unsaturated/α-hetero) is 1. The number of rotatable bonds is 5. The largest absolute Gasteiger partial charge is 0.468 e. The molecule has 0 atom stereocenters. The van der Waals surface area contributed by atoms with E-state index >= 15 is 0 Å². The number of amides is 1. The van der Waals surface area contributed by atoms with Crippen LogP contribution in [0, 0.1) is 5.41 Å². The van der Waals surface area contributed by atoms with Crippen LogP contribution in [-0.4, -0.2) is 48.5 Å². The summed E-state index contributed by atoms with van der Waals surface area (Å²) >= 11 is 6.16. The lowest BCUT2D eigenvalue weighted by atomic mass is 9.73. The summed E-state index contributed by atoms with van der Waals surface area (Å²) in [6, 6.07) is 7.33. The zero-order valence-corrected chi connectivity index (χ0v) is 17.7. The fraction of sp³-hybridized carbons (Fsp3) is 0.571. The molecular weight excluding hydrogens is 382 g/mol. The van der Waals surface area contributed by atoms with Crippen molar-refractivity contribution < 1.29 is 23.9 Å². The number of ether oxygens (including phenoxy) is 2. The van der Waals surface area contributed by atoms with Crippen LogP contribution in [0.2, 0.25) is 5.02 Å². The van der Waals surface area contributed by atoms with Crippen molar-refractivity contribution in [1.82, 2.24) is 4.90 Å². The Morgan fingerprint density at radius 3 is 2.29 bits per heavy atom. The summed E-state index contributed by atoms with van der Waals surface area (Å²) < 4.78 is 10.3. The summed E-state index contributed by atoms with van der Waals surface area (Å²) in [5.41, 5.74) is -0.962. The van der Waals surface area contributed by atoms with E-state index in [1.165, 1.54) is 12.0 Å². The summed E-state index contributed by atoms with van der Waals surface area (Å²) in [7, 11) is 1.28.